The lowest BCUT2D eigenvalue weighted by molar-refractivity contribution is -0.137. The summed E-state index contributed by atoms with van der Waals surface area (Å²) in [5.41, 5.74) is 2.62. The Bertz CT molecular complexity index is 1280. The molecule has 0 saturated carbocycles. The molecule has 0 atom stereocenters. The Labute approximate surface area is 216 Å². The van der Waals surface area contributed by atoms with Crippen LogP contribution in [0.15, 0.2) is 71.8 Å². The Morgan fingerprint density at radius 3 is 2.49 bits per heavy atom. The molecule has 3 aromatic rings. The van der Waals surface area contributed by atoms with Gasteiger partial charge in [-0.05, 0) is 55.0 Å². The quantitative estimate of drug-likeness (QED) is 0.195. The molecule has 0 heterocycles. The number of carbonyl (C=O) groups excluding carboxylic acids is 2. The smallest absolute Gasteiger partial charge is 0.416 e. The number of alkyl halides is 3. The van der Waals surface area contributed by atoms with Crippen molar-refractivity contribution in [3.63, 3.8) is 0 Å². The highest BCUT2D eigenvalue weighted by molar-refractivity contribution is 6.31. The topological polar surface area (TPSA) is 89.0 Å². The van der Waals surface area contributed by atoms with Gasteiger partial charge in [0, 0.05) is 16.3 Å². The standard InChI is InChI=1S/C26H23ClF3N3O4/c1-2-36-23-12-17(10-11-22(23)37-16-18-6-3-4-9-21(18)27)15-31-33-25(35)14-24(34)32-20-8-5-7-19(13-20)26(28,29)30/h3-13,15H,2,14,16H2,1H3,(H,32,34)(H,33,35). The number of amides is 2. The van der Waals surface area contributed by atoms with Crippen molar-refractivity contribution in [2.45, 2.75) is 26.1 Å². The maximum atomic E-state index is 12.8. The van der Waals surface area contributed by atoms with Gasteiger partial charge in [0.1, 0.15) is 13.0 Å². The van der Waals surface area contributed by atoms with E-state index in [0.29, 0.717) is 28.7 Å². The molecule has 0 aliphatic carbocycles. The van der Waals surface area contributed by atoms with Crippen LogP contribution in [0.3, 0.4) is 0 Å². The van der Waals surface area contributed by atoms with Gasteiger partial charge in [-0.1, -0.05) is 35.9 Å². The highest BCUT2D eigenvalue weighted by Crippen LogP contribution is 2.31. The van der Waals surface area contributed by atoms with Crippen LogP contribution in [-0.2, 0) is 22.4 Å². The number of nitrogens with zero attached hydrogens (tertiary/aromatic N) is 1. The Hall–Kier alpha value is -4.05. The second kappa shape index (κ2) is 12.8. The van der Waals surface area contributed by atoms with E-state index in [1.165, 1.54) is 12.3 Å². The van der Waals surface area contributed by atoms with Crippen LogP contribution in [0, 0.1) is 0 Å². The van der Waals surface area contributed by atoms with Gasteiger partial charge in [0.2, 0.25) is 11.8 Å². The van der Waals surface area contributed by atoms with Gasteiger partial charge in [-0.3, -0.25) is 9.59 Å². The van der Waals surface area contributed by atoms with E-state index in [2.05, 4.69) is 15.8 Å². The lowest BCUT2D eigenvalue weighted by atomic mass is 10.2. The molecule has 0 radical (unpaired) electrons. The molecular formula is C26H23ClF3N3O4. The Morgan fingerprint density at radius 1 is 0.973 bits per heavy atom. The number of hydrogen-bond donors (Lipinski definition) is 2. The van der Waals surface area contributed by atoms with Gasteiger partial charge in [0.05, 0.1) is 18.4 Å². The first-order valence-electron chi connectivity index (χ1n) is 11.1. The second-order valence-electron chi connectivity index (χ2n) is 7.62. The van der Waals surface area contributed by atoms with Gasteiger partial charge in [0.15, 0.2) is 11.5 Å². The minimum absolute atomic E-state index is 0.0728. The summed E-state index contributed by atoms with van der Waals surface area (Å²) in [6, 6.07) is 16.5. The van der Waals surface area contributed by atoms with Gasteiger partial charge < -0.3 is 14.8 Å². The third-order valence-corrected chi connectivity index (χ3v) is 5.17. The first kappa shape index (κ1) is 27.5. The molecule has 0 aliphatic heterocycles. The molecule has 2 amide bonds. The summed E-state index contributed by atoms with van der Waals surface area (Å²) < 4.78 is 49.9. The molecule has 3 aromatic carbocycles. The number of benzene rings is 3. The second-order valence-corrected chi connectivity index (χ2v) is 8.02. The molecule has 0 aromatic heterocycles. The number of nitrogens with one attached hydrogen (secondary N) is 2. The van der Waals surface area contributed by atoms with Crippen LogP contribution in [-0.4, -0.2) is 24.6 Å². The molecule has 0 spiro atoms. The maximum absolute atomic E-state index is 12.8. The lowest BCUT2D eigenvalue weighted by Gasteiger charge is -2.13. The van der Waals surface area contributed by atoms with Gasteiger partial charge in [0.25, 0.3) is 0 Å². The average molecular weight is 534 g/mol. The van der Waals surface area contributed by atoms with Gasteiger partial charge in [-0.15, -0.1) is 0 Å². The van der Waals surface area contributed by atoms with Crippen molar-refractivity contribution < 1.29 is 32.2 Å². The molecule has 0 unspecified atom stereocenters. The number of ether oxygens (including phenoxy) is 2. The van der Waals surface area contributed by atoms with Crippen molar-refractivity contribution in [1.82, 2.24) is 5.43 Å². The van der Waals surface area contributed by atoms with Crippen LogP contribution in [0.25, 0.3) is 0 Å². The zero-order valence-electron chi connectivity index (χ0n) is 19.6. The molecule has 0 fully saturated rings. The summed E-state index contributed by atoms with van der Waals surface area (Å²) in [4.78, 5) is 24.0. The first-order valence-corrected chi connectivity index (χ1v) is 11.5. The highest BCUT2D eigenvalue weighted by Gasteiger charge is 2.30. The van der Waals surface area contributed by atoms with Crippen molar-refractivity contribution in [3.05, 3.63) is 88.4 Å². The molecule has 11 heteroatoms. The van der Waals surface area contributed by atoms with E-state index in [0.717, 1.165) is 23.8 Å². The molecule has 0 aliphatic rings. The van der Waals surface area contributed by atoms with Crippen molar-refractivity contribution in [3.8, 4) is 11.5 Å². The normalized spacial score (nSPS) is 11.3. The number of anilines is 1. The molecule has 3 rings (SSSR count). The summed E-state index contributed by atoms with van der Waals surface area (Å²) in [5.74, 6) is -0.573. The van der Waals surface area contributed by atoms with Crippen LogP contribution in [0.5, 0.6) is 11.5 Å². The number of rotatable bonds is 10. The summed E-state index contributed by atoms with van der Waals surface area (Å²) in [5, 5.41) is 6.66. The molecule has 37 heavy (non-hydrogen) atoms. The Kier molecular flexibility index (Phi) is 9.51. The van der Waals surface area contributed by atoms with Crippen molar-refractivity contribution >= 4 is 35.3 Å². The average Bonchev–Trinajstić information content (AvgIpc) is 2.84. The number of hydrogen-bond acceptors (Lipinski definition) is 5. The van der Waals surface area contributed by atoms with E-state index in [1.54, 1.807) is 24.3 Å². The monoisotopic (exact) mass is 533 g/mol. The predicted octanol–water partition coefficient (Wildman–Crippen LogP) is 5.82. The summed E-state index contributed by atoms with van der Waals surface area (Å²) >= 11 is 6.16. The van der Waals surface area contributed by atoms with Crippen LogP contribution < -0.4 is 20.2 Å². The molecule has 0 bridgehead atoms. The molecule has 2 N–H and O–H groups in total. The highest BCUT2D eigenvalue weighted by atomic mass is 35.5. The van der Waals surface area contributed by atoms with Gasteiger partial charge >= 0.3 is 6.18 Å². The summed E-state index contributed by atoms with van der Waals surface area (Å²) in [7, 11) is 0. The van der Waals surface area contributed by atoms with Crippen molar-refractivity contribution in [1.29, 1.82) is 0 Å². The first-order chi connectivity index (χ1) is 17.7. The fourth-order valence-electron chi connectivity index (χ4n) is 3.11. The van der Waals surface area contributed by atoms with E-state index in [9.17, 15) is 22.8 Å². The van der Waals surface area contributed by atoms with Crippen molar-refractivity contribution in [2.24, 2.45) is 5.10 Å². The van der Waals surface area contributed by atoms with E-state index in [4.69, 9.17) is 21.1 Å². The predicted molar refractivity (Wildman–Crippen MR) is 134 cm³/mol. The fourth-order valence-corrected chi connectivity index (χ4v) is 3.30. The van der Waals surface area contributed by atoms with E-state index in [1.807, 2.05) is 25.1 Å². The molecular weight excluding hydrogens is 511 g/mol. The Balaban J connectivity index is 1.55. The molecule has 0 saturated heterocycles. The molecule has 7 nitrogen and oxygen atoms in total. The van der Waals surface area contributed by atoms with Gasteiger partial charge in [-0.2, -0.15) is 18.3 Å². The SMILES string of the molecule is CCOc1cc(C=NNC(=O)CC(=O)Nc2cccc(C(F)(F)F)c2)ccc1OCc1ccccc1Cl. The van der Waals surface area contributed by atoms with Crippen LogP contribution in [0.2, 0.25) is 5.02 Å². The van der Waals surface area contributed by atoms with E-state index in [-0.39, 0.29) is 12.3 Å². The molecule has 194 valence electrons. The van der Waals surface area contributed by atoms with Gasteiger partial charge in [-0.25, -0.2) is 5.43 Å². The zero-order chi connectivity index (χ0) is 26.8. The minimum Gasteiger partial charge on any atom is -0.490 e. The van der Waals surface area contributed by atoms with Crippen LogP contribution in [0.1, 0.15) is 30.0 Å². The number of hydrazone groups is 1. The lowest BCUT2D eigenvalue weighted by Crippen LogP contribution is -2.24. The van der Waals surface area contributed by atoms with Crippen LogP contribution in [0.4, 0.5) is 18.9 Å². The number of carbonyl (C=O) groups is 2. The largest absolute Gasteiger partial charge is 0.490 e. The maximum Gasteiger partial charge on any atom is 0.416 e. The summed E-state index contributed by atoms with van der Waals surface area (Å²) in [6.45, 7) is 2.45. The van der Waals surface area contributed by atoms with Crippen LogP contribution >= 0.6 is 11.6 Å². The number of halogens is 4. The minimum atomic E-state index is -4.55. The summed E-state index contributed by atoms with van der Waals surface area (Å²) in [6.07, 6.45) is -3.83. The zero-order valence-corrected chi connectivity index (χ0v) is 20.4. The third-order valence-electron chi connectivity index (χ3n) is 4.81. The Morgan fingerprint density at radius 2 is 1.76 bits per heavy atom. The third kappa shape index (κ3) is 8.53. The fraction of sp³-hybridized carbons (Fsp3) is 0.192. The van der Waals surface area contributed by atoms with E-state index >= 15 is 0 Å². The van der Waals surface area contributed by atoms with Crippen molar-refractivity contribution in [2.75, 3.05) is 11.9 Å². The van der Waals surface area contributed by atoms with E-state index < -0.39 is 30.0 Å².